The Labute approximate surface area is 146 Å². The summed E-state index contributed by atoms with van der Waals surface area (Å²) in [5, 5.41) is 13.6. The normalized spacial score (nSPS) is 12.0. The third kappa shape index (κ3) is 3.88. The van der Waals surface area contributed by atoms with Gasteiger partial charge in [0, 0.05) is 36.4 Å². The number of amides is 2. The monoisotopic (exact) mass is 338 g/mol. The van der Waals surface area contributed by atoms with Crippen LogP contribution in [-0.2, 0) is 0 Å². The Morgan fingerprint density at radius 1 is 1.32 bits per heavy atom. The van der Waals surface area contributed by atoms with Crippen molar-refractivity contribution in [2.75, 3.05) is 23.8 Å². The molecule has 7 heteroatoms. The fraction of sp³-hybridized carbons (Fsp3) is 0.278. The zero-order valence-corrected chi connectivity index (χ0v) is 14.6. The van der Waals surface area contributed by atoms with Crippen LogP contribution in [0, 0.1) is 6.92 Å². The number of aromatic amines is 1. The second-order valence-corrected chi connectivity index (χ2v) is 6.07. The van der Waals surface area contributed by atoms with Gasteiger partial charge in [-0.3, -0.25) is 5.10 Å². The number of aromatic nitrogens is 3. The van der Waals surface area contributed by atoms with Crippen molar-refractivity contribution in [2.24, 2.45) is 0 Å². The summed E-state index contributed by atoms with van der Waals surface area (Å²) < 4.78 is 0. The van der Waals surface area contributed by atoms with Gasteiger partial charge in [0.1, 0.15) is 0 Å². The maximum atomic E-state index is 12.1. The molecule has 0 bridgehead atoms. The molecule has 3 rings (SSSR count). The van der Waals surface area contributed by atoms with Crippen LogP contribution in [0.2, 0.25) is 0 Å². The van der Waals surface area contributed by atoms with Gasteiger partial charge in [-0.2, -0.15) is 5.10 Å². The number of pyridine rings is 1. The first kappa shape index (κ1) is 16.8. The third-order valence-corrected chi connectivity index (χ3v) is 4.24. The van der Waals surface area contributed by atoms with Crippen LogP contribution in [0.1, 0.15) is 12.6 Å². The summed E-state index contributed by atoms with van der Waals surface area (Å²) in [6.45, 7) is 4.51. The van der Waals surface area contributed by atoms with E-state index >= 15 is 0 Å². The molecule has 0 radical (unpaired) electrons. The molecule has 0 fully saturated rings. The number of carbonyl (C=O) groups excluding carboxylic acids is 1. The molecule has 0 aliphatic carbocycles. The van der Waals surface area contributed by atoms with Crippen LogP contribution in [-0.4, -0.2) is 40.8 Å². The number of carbonyl (C=O) groups is 1. The Morgan fingerprint density at radius 2 is 2.08 bits per heavy atom. The van der Waals surface area contributed by atoms with Gasteiger partial charge in [-0.15, -0.1) is 0 Å². The first-order valence-corrected chi connectivity index (χ1v) is 8.18. The third-order valence-electron chi connectivity index (χ3n) is 4.24. The van der Waals surface area contributed by atoms with E-state index in [1.54, 1.807) is 6.20 Å². The largest absolute Gasteiger partial charge is 0.370 e. The average Bonchev–Trinajstić information content (AvgIpc) is 3.00. The number of nitrogens with zero attached hydrogens (tertiary/aromatic N) is 3. The highest BCUT2D eigenvalue weighted by Crippen LogP contribution is 2.17. The number of likely N-dealkylation sites (N-methyl/N-ethyl adjacent to an activating group) is 1. The number of fused-ring (bicyclic) bond motifs is 1. The number of rotatable bonds is 5. The Morgan fingerprint density at radius 3 is 2.84 bits per heavy atom. The van der Waals surface area contributed by atoms with Crippen molar-refractivity contribution in [3.05, 3.63) is 48.3 Å². The number of hydrogen-bond acceptors (Lipinski definition) is 4. The van der Waals surface area contributed by atoms with E-state index in [1.807, 2.05) is 50.4 Å². The summed E-state index contributed by atoms with van der Waals surface area (Å²) in [6, 6.07) is 11.8. The predicted molar refractivity (Wildman–Crippen MR) is 100.0 cm³/mol. The van der Waals surface area contributed by atoms with Gasteiger partial charge in [0.05, 0.1) is 11.9 Å². The Bertz CT molecular complexity index is 860. The number of benzene rings is 1. The predicted octanol–water partition coefficient (Wildman–Crippen LogP) is 2.91. The summed E-state index contributed by atoms with van der Waals surface area (Å²) in [4.78, 5) is 18.5. The van der Waals surface area contributed by atoms with Crippen LogP contribution in [0.25, 0.3) is 11.0 Å². The molecule has 2 amide bonds. The molecule has 2 heterocycles. The molecule has 3 aromatic rings. The molecule has 0 spiro atoms. The molecule has 0 saturated heterocycles. The summed E-state index contributed by atoms with van der Waals surface area (Å²) in [7, 11) is 2.01. The first-order valence-electron chi connectivity index (χ1n) is 8.18. The molecule has 7 nitrogen and oxygen atoms in total. The zero-order valence-electron chi connectivity index (χ0n) is 14.6. The number of nitrogens with one attached hydrogen (secondary N) is 3. The molecule has 130 valence electrons. The Kier molecular flexibility index (Phi) is 4.83. The van der Waals surface area contributed by atoms with Gasteiger partial charge in [0.2, 0.25) is 0 Å². The minimum atomic E-state index is -0.254. The lowest BCUT2D eigenvalue weighted by molar-refractivity contribution is 0.251. The van der Waals surface area contributed by atoms with E-state index < -0.39 is 0 Å². The van der Waals surface area contributed by atoms with E-state index in [0.29, 0.717) is 17.9 Å². The van der Waals surface area contributed by atoms with Gasteiger partial charge in [0.25, 0.3) is 0 Å². The van der Waals surface area contributed by atoms with Gasteiger partial charge in [-0.25, -0.2) is 9.78 Å². The quantitative estimate of drug-likeness (QED) is 0.668. The van der Waals surface area contributed by atoms with E-state index in [4.69, 9.17) is 0 Å². The van der Waals surface area contributed by atoms with E-state index in [9.17, 15) is 4.79 Å². The molecule has 2 aromatic heterocycles. The summed E-state index contributed by atoms with van der Waals surface area (Å²) in [5.74, 6) is 0. The van der Waals surface area contributed by atoms with Crippen molar-refractivity contribution in [2.45, 2.75) is 19.9 Å². The molecule has 1 atom stereocenters. The highest BCUT2D eigenvalue weighted by atomic mass is 16.2. The Balaban J connectivity index is 1.55. The minimum absolute atomic E-state index is 0.157. The molecule has 1 unspecified atom stereocenters. The van der Waals surface area contributed by atoms with Crippen LogP contribution in [0.5, 0.6) is 0 Å². The van der Waals surface area contributed by atoms with Crippen LogP contribution in [0.15, 0.2) is 42.6 Å². The fourth-order valence-corrected chi connectivity index (χ4v) is 2.56. The first-order chi connectivity index (χ1) is 12.0. The van der Waals surface area contributed by atoms with E-state index in [0.717, 1.165) is 16.8 Å². The van der Waals surface area contributed by atoms with Gasteiger partial charge >= 0.3 is 6.03 Å². The number of H-pyrrole nitrogens is 1. The van der Waals surface area contributed by atoms with Crippen LogP contribution in [0.3, 0.4) is 0 Å². The number of aryl methyl sites for hydroxylation is 1. The topological polar surface area (TPSA) is 85.9 Å². The molecular weight excluding hydrogens is 316 g/mol. The minimum Gasteiger partial charge on any atom is -0.370 e. The molecule has 0 aliphatic heterocycles. The van der Waals surface area contributed by atoms with Crippen molar-refractivity contribution in [3.63, 3.8) is 0 Å². The maximum Gasteiger partial charge on any atom is 0.319 e. The smallest absolute Gasteiger partial charge is 0.319 e. The molecule has 25 heavy (non-hydrogen) atoms. The molecular formula is C18H22N6O. The van der Waals surface area contributed by atoms with Gasteiger partial charge < -0.3 is 15.5 Å². The van der Waals surface area contributed by atoms with Crippen molar-refractivity contribution in [3.8, 4) is 0 Å². The fourth-order valence-electron chi connectivity index (χ4n) is 2.56. The highest BCUT2D eigenvalue weighted by Gasteiger charge is 2.12. The second kappa shape index (κ2) is 7.21. The lowest BCUT2D eigenvalue weighted by Crippen LogP contribution is -2.41. The highest BCUT2D eigenvalue weighted by molar-refractivity contribution is 5.91. The van der Waals surface area contributed by atoms with Gasteiger partial charge in [0.15, 0.2) is 5.65 Å². The lowest BCUT2D eigenvalue weighted by atomic mass is 10.2. The molecule has 1 aromatic carbocycles. The van der Waals surface area contributed by atoms with Gasteiger partial charge in [-0.1, -0.05) is 18.2 Å². The maximum absolute atomic E-state index is 12.1. The van der Waals surface area contributed by atoms with Crippen molar-refractivity contribution in [1.29, 1.82) is 0 Å². The van der Waals surface area contributed by atoms with Crippen molar-refractivity contribution in [1.82, 2.24) is 20.5 Å². The number of anilines is 2. The SMILES string of the molecule is Cc1[nH]nc2ncc(NC(=O)NCC(C)N(C)c3ccccc3)cc12. The van der Waals surface area contributed by atoms with Crippen LogP contribution >= 0.6 is 0 Å². The standard InChI is InChI=1S/C18H22N6O/c1-12(24(3)15-7-5-4-6-8-15)10-20-18(25)21-14-9-16-13(2)22-23-17(16)19-11-14/h4-9,11-12H,10H2,1-3H3,(H,19,22,23)(H2,20,21,25). The van der Waals surface area contributed by atoms with Gasteiger partial charge in [-0.05, 0) is 32.0 Å². The molecule has 0 saturated carbocycles. The summed E-state index contributed by atoms with van der Waals surface area (Å²) >= 11 is 0. The molecule has 3 N–H and O–H groups in total. The Hall–Kier alpha value is -3.09. The summed E-state index contributed by atoms with van der Waals surface area (Å²) in [6.07, 6.45) is 1.60. The van der Waals surface area contributed by atoms with E-state index in [2.05, 4.69) is 37.6 Å². The summed E-state index contributed by atoms with van der Waals surface area (Å²) in [5.41, 5.74) is 3.31. The number of hydrogen-bond donors (Lipinski definition) is 3. The lowest BCUT2D eigenvalue weighted by Gasteiger charge is -2.27. The average molecular weight is 338 g/mol. The number of para-hydroxylation sites is 1. The van der Waals surface area contributed by atoms with Crippen LogP contribution < -0.4 is 15.5 Å². The zero-order chi connectivity index (χ0) is 17.8. The second-order valence-electron chi connectivity index (χ2n) is 6.07. The molecule has 0 aliphatic rings. The van der Waals surface area contributed by atoms with E-state index in [1.165, 1.54) is 0 Å². The van der Waals surface area contributed by atoms with Crippen molar-refractivity contribution >= 4 is 28.4 Å². The van der Waals surface area contributed by atoms with E-state index in [-0.39, 0.29) is 12.1 Å². The van der Waals surface area contributed by atoms with Crippen LogP contribution in [0.4, 0.5) is 16.2 Å². The number of urea groups is 1. The van der Waals surface area contributed by atoms with Crippen molar-refractivity contribution < 1.29 is 4.79 Å².